The van der Waals surface area contributed by atoms with Crippen LogP contribution in [0.25, 0.3) is 22.0 Å². The van der Waals surface area contributed by atoms with Crippen LogP contribution in [0.1, 0.15) is 110 Å². The van der Waals surface area contributed by atoms with Gasteiger partial charge in [0.1, 0.15) is 29.5 Å². The largest absolute Gasteiger partial charge is 0.488 e. The summed E-state index contributed by atoms with van der Waals surface area (Å²) in [6.07, 6.45) is 4.40. The van der Waals surface area contributed by atoms with Crippen molar-refractivity contribution < 1.29 is 51.3 Å². The average molecular weight is 1070 g/mol. The molecule has 5 amide bonds. The molecular weight excluding hydrogens is 997 g/mol. The van der Waals surface area contributed by atoms with E-state index in [-0.39, 0.29) is 118 Å². The second kappa shape index (κ2) is 21.7. The molecule has 4 aliphatic heterocycles. The zero-order valence-electron chi connectivity index (χ0n) is 44.3. The number of imide groups is 1. The minimum absolute atomic E-state index is 0.0377. The van der Waals surface area contributed by atoms with Gasteiger partial charge in [0.15, 0.2) is 28.8 Å². The van der Waals surface area contributed by atoms with Gasteiger partial charge in [-0.2, -0.15) is 5.10 Å². The van der Waals surface area contributed by atoms with Crippen LogP contribution in [0.15, 0.2) is 54.6 Å². The number of hydrogen-bond donors (Lipinski definition) is 4. The van der Waals surface area contributed by atoms with Crippen LogP contribution < -0.4 is 30.7 Å². The molecule has 10 rings (SSSR count). The molecular formula is C58H68F4N8O7. The number of nitrogens with zero attached hydrogens (tertiary/aromatic N) is 5. The van der Waals surface area contributed by atoms with E-state index in [4.69, 9.17) is 15.2 Å². The Morgan fingerprint density at radius 3 is 2.34 bits per heavy atom. The Bertz CT molecular complexity index is 3110. The molecule has 5 aliphatic rings. The normalized spacial score (nSPS) is 25.9. The molecule has 1 saturated carbocycles. The summed E-state index contributed by atoms with van der Waals surface area (Å²) in [5, 5.41) is 20.0. The number of urea groups is 1. The van der Waals surface area contributed by atoms with E-state index in [9.17, 15) is 24.3 Å². The summed E-state index contributed by atoms with van der Waals surface area (Å²) in [6.45, 7) is 11.0. The number of anilines is 1. The predicted octanol–water partition coefficient (Wildman–Crippen LogP) is 8.17. The Labute approximate surface area is 445 Å². The van der Waals surface area contributed by atoms with Gasteiger partial charge in [-0.1, -0.05) is 51.1 Å². The second-order valence-electron chi connectivity index (χ2n) is 22.1. The number of aromatic nitrogens is 2. The van der Waals surface area contributed by atoms with Gasteiger partial charge in [-0.3, -0.25) is 29.3 Å². The maximum Gasteiger partial charge on any atom is 0.329 e. The number of nitrogens with one attached hydrogen (secondary N) is 2. The van der Waals surface area contributed by atoms with Crippen molar-refractivity contribution in [2.45, 2.75) is 96.1 Å². The number of carbonyl (C=O) groups excluding carboxylic acids is 4. The summed E-state index contributed by atoms with van der Waals surface area (Å²) in [7, 11) is 1.57. The molecule has 15 nitrogen and oxygen atoms in total. The van der Waals surface area contributed by atoms with Gasteiger partial charge >= 0.3 is 6.03 Å². The Balaban J connectivity index is 0.757. The number of carbonyl (C=O) groups is 4. The van der Waals surface area contributed by atoms with Crippen LogP contribution >= 0.6 is 0 Å². The van der Waals surface area contributed by atoms with Gasteiger partial charge in [-0.15, -0.1) is 0 Å². The minimum Gasteiger partial charge on any atom is -0.488 e. The third kappa shape index (κ3) is 9.92. The molecule has 1 aromatic heterocycles. The number of hydrogen-bond acceptors (Lipinski definition) is 10. The van der Waals surface area contributed by atoms with E-state index in [0.29, 0.717) is 63.5 Å². The summed E-state index contributed by atoms with van der Waals surface area (Å²) < 4.78 is 78.8. The van der Waals surface area contributed by atoms with Gasteiger partial charge in [-0.05, 0) is 111 Å². The molecule has 5 heterocycles. The van der Waals surface area contributed by atoms with Crippen molar-refractivity contribution in [1.82, 2.24) is 30.2 Å². The quantitative estimate of drug-likeness (QED) is 0.0792. The highest BCUT2D eigenvalue weighted by molar-refractivity contribution is 6.09. The number of aryl methyl sites for hydroxylation is 1. The van der Waals surface area contributed by atoms with E-state index in [0.717, 1.165) is 31.4 Å². The summed E-state index contributed by atoms with van der Waals surface area (Å²) >= 11 is 0. The first-order chi connectivity index (χ1) is 36.9. The predicted molar refractivity (Wildman–Crippen MR) is 281 cm³/mol. The molecule has 410 valence electrons. The number of rotatable bonds is 14. The molecule has 6 atom stereocenters. The Morgan fingerprint density at radius 1 is 0.896 bits per heavy atom. The van der Waals surface area contributed by atoms with Gasteiger partial charge in [0.2, 0.25) is 17.7 Å². The minimum atomic E-state index is -1.08. The molecule has 77 heavy (non-hydrogen) atoms. The van der Waals surface area contributed by atoms with Crippen molar-refractivity contribution >= 4 is 40.5 Å². The fourth-order valence-electron chi connectivity index (χ4n) is 13.3. The average Bonchev–Trinajstić information content (AvgIpc) is 3.89. The lowest BCUT2D eigenvalue weighted by Crippen LogP contribution is -2.50. The number of aliphatic hydroxyl groups is 1. The molecule has 19 heteroatoms. The molecule has 5 N–H and O–H groups in total. The Hall–Kier alpha value is -6.57. The van der Waals surface area contributed by atoms with Crippen LogP contribution in [0.5, 0.6) is 11.5 Å². The number of aliphatic hydroxyl groups excluding tert-OH is 1. The number of likely N-dealkylation sites (tertiary alicyclic amines) is 2. The maximum absolute atomic E-state index is 16.6. The van der Waals surface area contributed by atoms with Crippen molar-refractivity contribution in [2.75, 3.05) is 63.9 Å². The number of amides is 5. The number of halogens is 4. The summed E-state index contributed by atoms with van der Waals surface area (Å²) in [5.74, 6) is -4.33. The summed E-state index contributed by atoms with van der Waals surface area (Å²) in [4.78, 5) is 57.1. The lowest BCUT2D eigenvalue weighted by molar-refractivity contribution is -0.139. The van der Waals surface area contributed by atoms with E-state index in [2.05, 4.69) is 27.6 Å². The number of piperidine rings is 2. The van der Waals surface area contributed by atoms with E-state index in [1.165, 1.54) is 40.8 Å². The fourth-order valence-corrected chi connectivity index (χ4v) is 13.3. The van der Waals surface area contributed by atoms with Crippen molar-refractivity contribution in [2.24, 2.45) is 36.5 Å². The molecule has 4 fully saturated rings. The van der Waals surface area contributed by atoms with Crippen LogP contribution in [0.2, 0.25) is 0 Å². The highest BCUT2D eigenvalue weighted by Gasteiger charge is 2.50. The molecule has 5 aromatic rings. The lowest BCUT2D eigenvalue weighted by Gasteiger charge is -2.43. The van der Waals surface area contributed by atoms with Crippen LogP contribution in [0, 0.1) is 53.9 Å². The number of benzene rings is 4. The molecule has 1 aliphatic carbocycles. The third-order valence-electron chi connectivity index (χ3n) is 17.5. The smallest absolute Gasteiger partial charge is 0.329 e. The van der Waals surface area contributed by atoms with Gasteiger partial charge < -0.3 is 35.4 Å². The molecule has 0 bridgehead atoms. The van der Waals surface area contributed by atoms with E-state index >= 15 is 17.6 Å². The number of ether oxygens (including phenoxy) is 2. The standard InChI is InChI=1S/C58H68F4N8O7/c1-31-28-69(21-17-36(31)29-68-20-18-39(32(2)27-68)49-43(60)25-41-53(52(49)62)67(5)66-55(41)70-22-19-46(72)65-57(70)75)56(74)35-11-13-38(14-12-35)64-30-58(37-9-7-6-8-10-37)34(4)48-45(77-58)26-42(59)33(3)47(48)50-40(54(63)73)15-16-44(51(50)61)76-24-23-71/h6-10,15-16,25-26,31-32,34-36,38-39,64,71H,11-14,17-24,27-30H2,1-5H3,(H2,63,73)(H,65,72,75). The Morgan fingerprint density at radius 2 is 1.65 bits per heavy atom. The molecule has 0 spiro atoms. The van der Waals surface area contributed by atoms with Gasteiger partial charge in [0.05, 0.1) is 17.6 Å². The monoisotopic (exact) mass is 1060 g/mol. The van der Waals surface area contributed by atoms with Crippen LogP contribution in [0.3, 0.4) is 0 Å². The zero-order valence-corrected chi connectivity index (χ0v) is 44.3. The topological polar surface area (TPSA) is 185 Å². The first-order valence-electron chi connectivity index (χ1n) is 27.0. The van der Waals surface area contributed by atoms with Crippen molar-refractivity contribution in [3.63, 3.8) is 0 Å². The summed E-state index contributed by atoms with van der Waals surface area (Å²) in [6, 6.07) is 14.2. The van der Waals surface area contributed by atoms with E-state index in [1.807, 2.05) is 49.1 Å². The van der Waals surface area contributed by atoms with E-state index < -0.39 is 52.6 Å². The maximum atomic E-state index is 16.6. The number of primary amides is 1. The van der Waals surface area contributed by atoms with Crippen LogP contribution in [-0.2, 0) is 22.2 Å². The summed E-state index contributed by atoms with van der Waals surface area (Å²) in [5.41, 5.74) is 6.17. The van der Waals surface area contributed by atoms with Gasteiger partial charge in [-0.25, -0.2) is 22.4 Å². The highest BCUT2D eigenvalue weighted by atomic mass is 19.1. The van der Waals surface area contributed by atoms with Crippen molar-refractivity contribution in [1.29, 1.82) is 0 Å². The zero-order chi connectivity index (χ0) is 54.6. The molecule has 3 saturated heterocycles. The van der Waals surface area contributed by atoms with Crippen molar-refractivity contribution in [3.8, 4) is 22.6 Å². The van der Waals surface area contributed by atoms with Crippen LogP contribution in [-0.4, -0.2) is 114 Å². The molecule has 0 radical (unpaired) electrons. The third-order valence-corrected chi connectivity index (χ3v) is 17.5. The van der Waals surface area contributed by atoms with Gasteiger partial charge in [0.25, 0.3) is 0 Å². The number of nitrogens with two attached hydrogens (primary N) is 1. The highest BCUT2D eigenvalue weighted by Crippen LogP contribution is 2.56. The van der Waals surface area contributed by atoms with E-state index in [1.54, 1.807) is 7.05 Å². The van der Waals surface area contributed by atoms with Crippen molar-refractivity contribution in [3.05, 3.63) is 106 Å². The fraction of sp³-hybridized carbons (Fsp3) is 0.500. The first-order valence-corrected chi connectivity index (χ1v) is 27.0. The molecule has 6 unspecified atom stereocenters. The van der Waals surface area contributed by atoms with Gasteiger partial charge in [0, 0.05) is 93.4 Å². The SMILES string of the molecule is Cc1c(F)cc2c(c1-c1c(C(N)=O)ccc(OCCO)c1F)C(C)C(CNC1CCC(C(=O)N3CCC(CN4CCC(c5c(F)cc6c(N7CCC(=O)NC7=O)nn(C)c6c5F)C(C)C4)C(C)C3)CC1)(c1ccccc1)O2. The second-order valence-corrected chi connectivity index (χ2v) is 22.1. The number of fused-ring (bicyclic) bond motifs is 2. The first kappa shape index (κ1) is 53.8. The molecule has 4 aromatic carbocycles. The lowest BCUT2D eigenvalue weighted by atomic mass is 9.76. The Kier molecular flexibility index (Phi) is 15.2. The van der Waals surface area contributed by atoms with Crippen LogP contribution in [0.4, 0.5) is 28.2 Å².